The van der Waals surface area contributed by atoms with Gasteiger partial charge in [0.15, 0.2) is 0 Å². The van der Waals surface area contributed by atoms with Gasteiger partial charge >= 0.3 is 0 Å². The third kappa shape index (κ3) is 2.87. The molecule has 0 spiro atoms. The van der Waals surface area contributed by atoms with Crippen LogP contribution in [0.4, 0.5) is 11.4 Å². The molecule has 4 aromatic rings. The summed E-state index contributed by atoms with van der Waals surface area (Å²) in [6.45, 7) is 0. The second kappa shape index (κ2) is 6.17. The van der Waals surface area contributed by atoms with Crippen molar-refractivity contribution in [1.82, 2.24) is 9.97 Å². The van der Waals surface area contributed by atoms with Gasteiger partial charge in [0.1, 0.15) is 16.4 Å². The lowest BCUT2D eigenvalue weighted by Crippen LogP contribution is -1.78. The van der Waals surface area contributed by atoms with Gasteiger partial charge in [-0.15, -0.1) is 16.5 Å². The van der Waals surface area contributed by atoms with E-state index in [0.29, 0.717) is 16.9 Å². The number of aromatic hydroxyl groups is 1. The van der Waals surface area contributed by atoms with Gasteiger partial charge < -0.3 is 5.11 Å². The quantitative estimate of drug-likeness (QED) is 0.505. The number of fused-ring (bicyclic) bond motifs is 1. The molecule has 2 aromatic carbocycles. The Morgan fingerprint density at radius 2 is 1.79 bits per heavy atom. The van der Waals surface area contributed by atoms with Crippen LogP contribution in [0.15, 0.2) is 77.2 Å². The molecule has 0 unspecified atom stereocenters. The number of aromatic nitrogens is 2. The topological polar surface area (TPSA) is 70.7 Å². The zero-order valence-corrected chi connectivity index (χ0v) is 13.3. The van der Waals surface area contributed by atoms with Gasteiger partial charge in [-0.3, -0.25) is 4.98 Å². The summed E-state index contributed by atoms with van der Waals surface area (Å²) in [4.78, 5) is 8.58. The van der Waals surface area contributed by atoms with Crippen molar-refractivity contribution in [3.05, 3.63) is 67.0 Å². The molecule has 0 saturated heterocycles. The van der Waals surface area contributed by atoms with Crippen molar-refractivity contribution in [3.63, 3.8) is 0 Å². The summed E-state index contributed by atoms with van der Waals surface area (Å²) in [7, 11) is 0. The van der Waals surface area contributed by atoms with Gasteiger partial charge in [0, 0.05) is 6.20 Å². The number of benzene rings is 2. The first kappa shape index (κ1) is 14.5. The van der Waals surface area contributed by atoms with Gasteiger partial charge in [-0.25, -0.2) is 4.98 Å². The summed E-state index contributed by atoms with van der Waals surface area (Å²) in [5.41, 5.74) is 2.89. The molecule has 2 heterocycles. The molecule has 0 radical (unpaired) electrons. The molecule has 0 amide bonds. The second-order valence-corrected chi connectivity index (χ2v) is 6.13. The van der Waals surface area contributed by atoms with Crippen LogP contribution in [-0.4, -0.2) is 15.1 Å². The number of pyridine rings is 1. The predicted molar refractivity (Wildman–Crippen MR) is 95.1 cm³/mol. The Kier molecular flexibility index (Phi) is 3.72. The lowest BCUT2D eigenvalue weighted by atomic mass is 10.2. The summed E-state index contributed by atoms with van der Waals surface area (Å²) in [5, 5.41) is 19.3. The molecule has 0 fully saturated rings. The van der Waals surface area contributed by atoms with E-state index in [4.69, 9.17) is 0 Å². The molecule has 4 rings (SSSR count). The van der Waals surface area contributed by atoms with Crippen molar-refractivity contribution in [3.8, 4) is 16.3 Å². The van der Waals surface area contributed by atoms with E-state index >= 15 is 0 Å². The number of phenols is 1. The number of hydrogen-bond donors (Lipinski definition) is 1. The fraction of sp³-hybridized carbons (Fsp3) is 0. The Morgan fingerprint density at radius 1 is 0.917 bits per heavy atom. The normalized spacial score (nSPS) is 11.3. The van der Waals surface area contributed by atoms with Crippen LogP contribution in [0.2, 0.25) is 0 Å². The lowest BCUT2D eigenvalue weighted by molar-refractivity contribution is 0.477. The Morgan fingerprint density at radius 3 is 2.62 bits per heavy atom. The SMILES string of the molecule is Oc1ccc(N=Nc2cccnc2)cc1-c1nc2ccccc2s1. The number of nitrogens with zero attached hydrogens (tertiary/aromatic N) is 4. The predicted octanol–water partition coefficient (Wildman–Crippen LogP) is 5.48. The third-order valence-electron chi connectivity index (χ3n) is 3.43. The fourth-order valence-electron chi connectivity index (χ4n) is 2.27. The molecule has 0 aliphatic heterocycles. The third-order valence-corrected chi connectivity index (χ3v) is 4.50. The number of para-hydroxylation sites is 1. The van der Waals surface area contributed by atoms with Crippen molar-refractivity contribution >= 4 is 32.9 Å². The monoisotopic (exact) mass is 332 g/mol. The maximum absolute atomic E-state index is 10.2. The number of azo groups is 1. The van der Waals surface area contributed by atoms with Gasteiger partial charge in [0.2, 0.25) is 0 Å². The van der Waals surface area contributed by atoms with Crippen LogP contribution in [0.25, 0.3) is 20.8 Å². The average Bonchev–Trinajstić information content (AvgIpc) is 3.06. The van der Waals surface area contributed by atoms with Gasteiger partial charge in [-0.1, -0.05) is 12.1 Å². The highest BCUT2D eigenvalue weighted by Gasteiger charge is 2.11. The average molecular weight is 332 g/mol. The minimum Gasteiger partial charge on any atom is -0.507 e. The highest BCUT2D eigenvalue weighted by molar-refractivity contribution is 7.21. The summed E-state index contributed by atoms with van der Waals surface area (Å²) in [6, 6.07) is 16.6. The Labute approximate surface area is 142 Å². The van der Waals surface area contributed by atoms with E-state index in [1.807, 2.05) is 30.3 Å². The van der Waals surface area contributed by atoms with Crippen LogP contribution in [0.1, 0.15) is 0 Å². The molecule has 116 valence electrons. The fourth-order valence-corrected chi connectivity index (χ4v) is 3.26. The minimum atomic E-state index is 0.175. The Balaban J connectivity index is 1.72. The molecule has 0 atom stereocenters. The first-order valence-corrected chi connectivity index (χ1v) is 8.12. The van der Waals surface area contributed by atoms with Crippen molar-refractivity contribution in [2.24, 2.45) is 10.2 Å². The van der Waals surface area contributed by atoms with Crippen LogP contribution >= 0.6 is 11.3 Å². The standard InChI is InChI=1S/C18H12N4OS/c23-16-8-7-12(21-22-13-4-3-9-19-11-13)10-14(16)18-20-15-5-1-2-6-17(15)24-18/h1-11,23H. The summed E-state index contributed by atoms with van der Waals surface area (Å²) in [5.74, 6) is 0.175. The zero-order chi connectivity index (χ0) is 16.4. The second-order valence-electron chi connectivity index (χ2n) is 5.10. The van der Waals surface area contributed by atoms with Crippen molar-refractivity contribution in [1.29, 1.82) is 0 Å². The number of thiazole rings is 1. The highest BCUT2D eigenvalue weighted by Crippen LogP contribution is 2.37. The smallest absolute Gasteiger partial charge is 0.128 e. The zero-order valence-electron chi connectivity index (χ0n) is 12.5. The Bertz CT molecular complexity index is 995. The summed E-state index contributed by atoms with van der Waals surface area (Å²) in [6.07, 6.45) is 3.32. The minimum absolute atomic E-state index is 0.175. The van der Waals surface area contributed by atoms with E-state index in [1.165, 1.54) is 11.3 Å². The summed E-state index contributed by atoms with van der Waals surface area (Å²) < 4.78 is 1.08. The highest BCUT2D eigenvalue weighted by atomic mass is 32.1. The van der Waals surface area contributed by atoms with Gasteiger partial charge in [0.25, 0.3) is 0 Å². The van der Waals surface area contributed by atoms with E-state index in [9.17, 15) is 5.11 Å². The van der Waals surface area contributed by atoms with Crippen molar-refractivity contribution in [2.75, 3.05) is 0 Å². The van der Waals surface area contributed by atoms with E-state index in [1.54, 1.807) is 36.7 Å². The maximum Gasteiger partial charge on any atom is 0.128 e. The molecular formula is C18H12N4OS. The van der Waals surface area contributed by atoms with Crippen molar-refractivity contribution < 1.29 is 5.11 Å². The molecule has 0 saturated carbocycles. The molecule has 0 aliphatic rings. The molecule has 2 aromatic heterocycles. The largest absolute Gasteiger partial charge is 0.507 e. The number of hydrogen-bond acceptors (Lipinski definition) is 6. The van der Waals surface area contributed by atoms with Gasteiger partial charge in [-0.2, -0.15) is 5.11 Å². The molecule has 5 nitrogen and oxygen atoms in total. The molecular weight excluding hydrogens is 320 g/mol. The van der Waals surface area contributed by atoms with E-state index in [2.05, 4.69) is 20.2 Å². The first-order chi connectivity index (χ1) is 11.8. The van der Waals surface area contributed by atoms with Crippen LogP contribution in [0.3, 0.4) is 0 Å². The van der Waals surface area contributed by atoms with Gasteiger partial charge in [-0.05, 0) is 42.5 Å². The Hall–Kier alpha value is -3.12. The number of rotatable bonds is 3. The van der Waals surface area contributed by atoms with E-state index in [0.717, 1.165) is 15.2 Å². The lowest BCUT2D eigenvalue weighted by Gasteiger charge is -2.01. The first-order valence-electron chi connectivity index (χ1n) is 7.30. The summed E-state index contributed by atoms with van der Waals surface area (Å²) >= 11 is 1.53. The van der Waals surface area contributed by atoms with Crippen LogP contribution < -0.4 is 0 Å². The maximum atomic E-state index is 10.2. The molecule has 0 aliphatic carbocycles. The molecule has 0 bridgehead atoms. The molecule has 24 heavy (non-hydrogen) atoms. The molecule has 1 N–H and O–H groups in total. The van der Waals surface area contributed by atoms with E-state index in [-0.39, 0.29) is 5.75 Å². The van der Waals surface area contributed by atoms with Crippen molar-refractivity contribution in [2.45, 2.75) is 0 Å². The van der Waals surface area contributed by atoms with Gasteiger partial charge in [0.05, 0.1) is 27.7 Å². The van der Waals surface area contributed by atoms with Crippen LogP contribution in [0.5, 0.6) is 5.75 Å². The van der Waals surface area contributed by atoms with Crippen LogP contribution in [-0.2, 0) is 0 Å². The molecule has 6 heteroatoms. The van der Waals surface area contributed by atoms with Crippen LogP contribution in [0, 0.1) is 0 Å². The number of phenolic OH excluding ortho intramolecular Hbond substituents is 1. The van der Waals surface area contributed by atoms with E-state index < -0.39 is 0 Å².